The average molecular weight is 743 g/mol. The van der Waals surface area contributed by atoms with Crippen molar-refractivity contribution >= 4 is 23.9 Å². The number of aryl methyl sites for hydroxylation is 2. The minimum Gasteiger partial charge on any atom is -0.872 e. The first-order valence-electron chi connectivity index (χ1n) is 13.5. The summed E-state index contributed by atoms with van der Waals surface area (Å²) in [7, 11) is 0. The predicted molar refractivity (Wildman–Crippen MR) is 152 cm³/mol. The van der Waals surface area contributed by atoms with Crippen LogP contribution in [0.2, 0.25) is 0 Å². The summed E-state index contributed by atoms with van der Waals surface area (Å²) in [5, 5.41) is 73.1. The third-order valence-corrected chi connectivity index (χ3v) is 5.72. The van der Waals surface area contributed by atoms with Gasteiger partial charge in [0.2, 0.25) is 0 Å². The number of carboxylic acid groups (broad SMARTS) is 4. The van der Waals surface area contributed by atoms with Crippen LogP contribution in [0.3, 0.4) is 0 Å². The normalized spacial score (nSPS) is 13.6. The van der Waals surface area contributed by atoms with E-state index in [4.69, 9.17) is 10.2 Å². The summed E-state index contributed by atoms with van der Waals surface area (Å²) in [6.07, 6.45) is 1.88. The van der Waals surface area contributed by atoms with Gasteiger partial charge in [0.05, 0.1) is 11.9 Å². The van der Waals surface area contributed by atoms with Crippen LogP contribution >= 0.6 is 0 Å². The van der Waals surface area contributed by atoms with Gasteiger partial charge in [0.1, 0.15) is 0 Å². The third kappa shape index (κ3) is 19.8. The van der Waals surface area contributed by atoms with E-state index in [1.807, 2.05) is 38.1 Å². The molecule has 0 radical (unpaired) electrons. The van der Waals surface area contributed by atoms with Crippen molar-refractivity contribution in [3.05, 3.63) is 82.0 Å². The number of rotatable bonds is 4. The van der Waals surface area contributed by atoms with E-state index in [0.29, 0.717) is 50.5 Å². The minimum absolute atomic E-state index is 0. The molecular formula is C30H36N4O10Zn2. The van der Waals surface area contributed by atoms with E-state index in [-0.39, 0.29) is 50.5 Å². The second kappa shape index (κ2) is 24.7. The van der Waals surface area contributed by atoms with Crippen molar-refractivity contribution < 1.29 is 88.8 Å². The van der Waals surface area contributed by atoms with Gasteiger partial charge >= 0.3 is 50.9 Å². The second-order valence-corrected chi connectivity index (χ2v) is 9.51. The first kappa shape index (κ1) is 44.6. The van der Waals surface area contributed by atoms with Gasteiger partial charge in [0.15, 0.2) is 0 Å². The fraction of sp³-hybridized carbons (Fsp3) is 0.333. The van der Waals surface area contributed by atoms with Gasteiger partial charge in [-0.15, -0.1) is 0 Å². The Morgan fingerprint density at radius 2 is 0.804 bits per heavy atom. The molecule has 0 aromatic heterocycles. The molecular weight excluding hydrogens is 707 g/mol. The molecule has 240 valence electrons. The first-order chi connectivity index (χ1) is 20.8. The summed E-state index contributed by atoms with van der Waals surface area (Å²) in [6.45, 7) is 9.19. The number of aliphatic carboxylic acids is 4. The molecule has 6 N–H and O–H groups in total. The molecule has 1 aliphatic rings. The maximum atomic E-state index is 12.6. The topological polar surface area (TPSA) is 249 Å². The number of benzene rings is 2. The molecule has 0 amide bonds. The van der Waals surface area contributed by atoms with Crippen LogP contribution in [0, 0.1) is 13.8 Å². The molecule has 3 rings (SSSR count). The van der Waals surface area contributed by atoms with Gasteiger partial charge in [0, 0.05) is 64.5 Å². The van der Waals surface area contributed by atoms with Crippen molar-refractivity contribution in [2.45, 2.75) is 40.0 Å². The molecule has 2 aromatic carbocycles. The molecule has 1 aliphatic heterocycles. The van der Waals surface area contributed by atoms with Gasteiger partial charge in [-0.05, 0) is 48.3 Å². The zero-order chi connectivity index (χ0) is 33.1. The van der Waals surface area contributed by atoms with Crippen LogP contribution in [-0.2, 0) is 84.3 Å². The van der Waals surface area contributed by atoms with Gasteiger partial charge in [-0.25, -0.2) is 9.59 Å². The Kier molecular flexibility index (Phi) is 23.9. The zero-order valence-corrected chi connectivity index (χ0v) is 31.8. The Balaban J connectivity index is 0. The standard InChI is InChI=1S/C22H32N4O2.2C4H4O4.2Zn/c1-15-7-17-11-23-3-5-25-13-19-9-16(2)10-20(22(19)28)14-26-6-4-24-12-18(8-15)21(17)27;2*5-3(6)1-2-4(7)8;;/h7-10,23-28H,3-6,11-14H2,1-2H3;2*1-2H,(H,5,6)(H,7,8);;/q;;;2*+2/p-4/b;2*2-1-;;. The number of hydrogen-bond acceptors (Lipinski definition) is 12. The van der Waals surface area contributed by atoms with Crippen molar-refractivity contribution in [1.82, 2.24) is 21.3 Å². The minimum atomic E-state index is -1.51. The van der Waals surface area contributed by atoms with Crippen molar-refractivity contribution in [2.24, 2.45) is 0 Å². The Morgan fingerprint density at radius 1 is 0.565 bits per heavy atom. The maximum Gasteiger partial charge on any atom is 2.00 e. The summed E-state index contributed by atoms with van der Waals surface area (Å²) >= 11 is 0. The fourth-order valence-corrected chi connectivity index (χ4v) is 3.91. The summed E-state index contributed by atoms with van der Waals surface area (Å²) < 4.78 is 0. The van der Waals surface area contributed by atoms with Crippen LogP contribution in [0.15, 0.2) is 48.6 Å². The summed E-state index contributed by atoms with van der Waals surface area (Å²) in [5.41, 5.74) is 5.44. The number of nitrogens with one attached hydrogen (secondary N) is 4. The molecule has 46 heavy (non-hydrogen) atoms. The average Bonchev–Trinajstić information content (AvgIpc) is 2.94. The van der Waals surface area contributed by atoms with Gasteiger partial charge in [-0.2, -0.15) is 0 Å². The molecule has 0 saturated heterocycles. The van der Waals surface area contributed by atoms with Crippen molar-refractivity contribution in [3.63, 3.8) is 0 Å². The molecule has 14 nitrogen and oxygen atoms in total. The van der Waals surface area contributed by atoms with E-state index < -0.39 is 23.9 Å². The van der Waals surface area contributed by atoms with Crippen LogP contribution in [0.1, 0.15) is 33.4 Å². The number of carboxylic acids is 4. The SMILES string of the molecule is Cc1cc2c([O-])c(c1)CNCCNCc1cc(C)cc(c1[O-])CNCCNC2.O=C([O-])/C=C\C(=O)O.O=C([O-])/C=C\C(=O)O.[Zn+2].[Zn+2]. The molecule has 4 bridgehead atoms. The zero-order valence-electron chi connectivity index (χ0n) is 25.9. The van der Waals surface area contributed by atoms with E-state index >= 15 is 0 Å². The van der Waals surface area contributed by atoms with Crippen LogP contribution in [-0.4, -0.2) is 60.3 Å². The van der Waals surface area contributed by atoms with Gasteiger partial charge in [0.25, 0.3) is 0 Å². The third-order valence-electron chi connectivity index (χ3n) is 5.72. The quantitative estimate of drug-likeness (QED) is 0.138. The predicted octanol–water partition coefficient (Wildman–Crippen LogP) is -2.73. The van der Waals surface area contributed by atoms with E-state index in [2.05, 4.69) is 21.3 Å². The molecule has 0 unspecified atom stereocenters. The van der Waals surface area contributed by atoms with Crippen LogP contribution < -0.4 is 41.7 Å². The second-order valence-electron chi connectivity index (χ2n) is 9.51. The van der Waals surface area contributed by atoms with Crippen molar-refractivity contribution in [3.8, 4) is 11.5 Å². The molecule has 2 aromatic rings. The van der Waals surface area contributed by atoms with Crippen LogP contribution in [0.25, 0.3) is 0 Å². The Hall–Kier alpha value is -3.51. The number of fused-ring (bicyclic) bond motifs is 4. The van der Waals surface area contributed by atoms with E-state index in [1.165, 1.54) is 0 Å². The van der Waals surface area contributed by atoms with E-state index in [9.17, 15) is 39.6 Å². The smallest absolute Gasteiger partial charge is 0.872 e. The Bertz CT molecular complexity index is 1160. The van der Waals surface area contributed by atoms with Gasteiger partial charge in [-0.1, -0.05) is 46.9 Å². The number of hydrogen-bond donors (Lipinski definition) is 6. The van der Waals surface area contributed by atoms with E-state index in [0.717, 1.165) is 59.6 Å². The molecule has 1 heterocycles. The monoisotopic (exact) mass is 740 g/mol. The largest absolute Gasteiger partial charge is 2.00 e. The molecule has 0 fully saturated rings. The molecule has 0 saturated carbocycles. The molecule has 0 spiro atoms. The van der Waals surface area contributed by atoms with Crippen LogP contribution in [0.4, 0.5) is 0 Å². The maximum absolute atomic E-state index is 12.6. The molecule has 0 atom stereocenters. The number of carbonyl (C=O) groups is 4. The Labute approximate surface area is 292 Å². The van der Waals surface area contributed by atoms with Crippen molar-refractivity contribution in [1.29, 1.82) is 0 Å². The van der Waals surface area contributed by atoms with Gasteiger partial charge < -0.3 is 61.5 Å². The van der Waals surface area contributed by atoms with Crippen molar-refractivity contribution in [2.75, 3.05) is 26.2 Å². The number of carbonyl (C=O) groups excluding carboxylic acids is 2. The summed E-state index contributed by atoms with van der Waals surface area (Å²) in [6, 6.07) is 7.85. The van der Waals surface area contributed by atoms with E-state index in [1.54, 1.807) is 0 Å². The van der Waals surface area contributed by atoms with Gasteiger partial charge in [-0.3, -0.25) is 0 Å². The molecule has 16 heteroatoms. The van der Waals surface area contributed by atoms with Crippen LogP contribution in [0.5, 0.6) is 11.5 Å². The summed E-state index contributed by atoms with van der Waals surface area (Å²) in [4.78, 5) is 37.9. The Morgan fingerprint density at radius 3 is 0.978 bits per heavy atom. The summed E-state index contributed by atoms with van der Waals surface area (Å²) in [5.74, 6) is -5.37. The first-order valence-corrected chi connectivity index (χ1v) is 13.5. The molecule has 0 aliphatic carbocycles. The fourth-order valence-electron chi connectivity index (χ4n) is 3.91.